The first kappa shape index (κ1) is 11.2. The number of aliphatic hydroxyl groups excluding tert-OH is 2. The average Bonchev–Trinajstić information content (AvgIpc) is 2.60. The largest absolute Gasteiger partial charge is 0.389 e. The lowest BCUT2D eigenvalue weighted by Crippen LogP contribution is -2.22. The molecule has 0 saturated carbocycles. The SMILES string of the molecule is CCNc1cc(N2CC(O)C(O)C2)ccn1. The molecule has 2 heterocycles. The standard InChI is InChI=1S/C11H17N3O2/c1-2-12-11-5-8(3-4-13-11)14-6-9(15)10(16)7-14/h3-5,9-10,15-16H,2,6-7H2,1H3,(H,12,13). The third-order valence-electron chi connectivity index (χ3n) is 2.73. The molecule has 1 aliphatic heterocycles. The number of anilines is 2. The van der Waals surface area contributed by atoms with E-state index in [2.05, 4.69) is 10.3 Å². The molecule has 0 amide bonds. The second-order valence-corrected chi connectivity index (χ2v) is 3.97. The fraction of sp³-hybridized carbons (Fsp3) is 0.545. The summed E-state index contributed by atoms with van der Waals surface area (Å²) in [5.41, 5.74) is 0.974. The molecule has 3 N–H and O–H groups in total. The van der Waals surface area contributed by atoms with Crippen LogP contribution in [-0.4, -0.2) is 47.0 Å². The molecule has 1 fully saturated rings. The van der Waals surface area contributed by atoms with Gasteiger partial charge >= 0.3 is 0 Å². The molecular formula is C11H17N3O2. The van der Waals surface area contributed by atoms with Gasteiger partial charge < -0.3 is 20.4 Å². The van der Waals surface area contributed by atoms with Gasteiger partial charge in [0.25, 0.3) is 0 Å². The molecule has 0 aromatic carbocycles. The van der Waals surface area contributed by atoms with Gasteiger partial charge in [-0.2, -0.15) is 0 Å². The minimum atomic E-state index is -0.657. The number of nitrogens with one attached hydrogen (secondary N) is 1. The minimum Gasteiger partial charge on any atom is -0.389 e. The normalized spacial score (nSPS) is 24.8. The van der Waals surface area contributed by atoms with E-state index in [1.54, 1.807) is 6.20 Å². The van der Waals surface area contributed by atoms with Crippen molar-refractivity contribution < 1.29 is 10.2 Å². The van der Waals surface area contributed by atoms with Crippen molar-refractivity contribution in [3.05, 3.63) is 18.3 Å². The summed E-state index contributed by atoms with van der Waals surface area (Å²) in [7, 11) is 0. The molecule has 2 unspecified atom stereocenters. The van der Waals surface area contributed by atoms with E-state index in [1.165, 1.54) is 0 Å². The van der Waals surface area contributed by atoms with Gasteiger partial charge in [0.1, 0.15) is 5.82 Å². The zero-order chi connectivity index (χ0) is 11.5. The summed E-state index contributed by atoms with van der Waals surface area (Å²) in [4.78, 5) is 6.13. The summed E-state index contributed by atoms with van der Waals surface area (Å²) in [5.74, 6) is 0.816. The summed E-state index contributed by atoms with van der Waals surface area (Å²) in [5, 5.41) is 22.1. The van der Waals surface area contributed by atoms with E-state index in [-0.39, 0.29) is 0 Å². The molecule has 2 rings (SSSR count). The first-order valence-electron chi connectivity index (χ1n) is 5.51. The summed E-state index contributed by atoms with van der Waals surface area (Å²) in [6, 6.07) is 3.81. The third-order valence-corrected chi connectivity index (χ3v) is 2.73. The van der Waals surface area contributed by atoms with Gasteiger partial charge in [0, 0.05) is 37.6 Å². The van der Waals surface area contributed by atoms with Gasteiger partial charge in [0.15, 0.2) is 0 Å². The van der Waals surface area contributed by atoms with Gasteiger partial charge in [-0.3, -0.25) is 0 Å². The van der Waals surface area contributed by atoms with Crippen LogP contribution in [0.4, 0.5) is 11.5 Å². The lowest BCUT2D eigenvalue weighted by atomic mass is 10.3. The Morgan fingerprint density at radius 1 is 1.44 bits per heavy atom. The zero-order valence-corrected chi connectivity index (χ0v) is 9.30. The Balaban J connectivity index is 2.12. The van der Waals surface area contributed by atoms with Crippen molar-refractivity contribution in [2.75, 3.05) is 29.9 Å². The van der Waals surface area contributed by atoms with Crippen LogP contribution in [0.5, 0.6) is 0 Å². The molecule has 16 heavy (non-hydrogen) atoms. The number of hydrogen-bond donors (Lipinski definition) is 3. The van der Waals surface area contributed by atoms with Crippen LogP contribution in [-0.2, 0) is 0 Å². The minimum absolute atomic E-state index is 0.469. The van der Waals surface area contributed by atoms with E-state index < -0.39 is 12.2 Å². The number of nitrogens with zero attached hydrogens (tertiary/aromatic N) is 2. The van der Waals surface area contributed by atoms with Crippen molar-refractivity contribution in [3.8, 4) is 0 Å². The van der Waals surface area contributed by atoms with Crippen LogP contribution >= 0.6 is 0 Å². The highest BCUT2D eigenvalue weighted by Gasteiger charge is 2.29. The Kier molecular flexibility index (Phi) is 3.26. The fourth-order valence-electron chi connectivity index (χ4n) is 1.87. The van der Waals surface area contributed by atoms with E-state index in [0.29, 0.717) is 13.1 Å². The summed E-state index contributed by atoms with van der Waals surface area (Å²) in [6.45, 7) is 3.77. The fourth-order valence-corrected chi connectivity index (χ4v) is 1.87. The Morgan fingerprint density at radius 3 is 2.75 bits per heavy atom. The molecule has 0 bridgehead atoms. The van der Waals surface area contributed by atoms with Crippen LogP contribution in [0.25, 0.3) is 0 Å². The second kappa shape index (κ2) is 4.67. The lowest BCUT2D eigenvalue weighted by molar-refractivity contribution is 0.0572. The summed E-state index contributed by atoms with van der Waals surface area (Å²) >= 11 is 0. The summed E-state index contributed by atoms with van der Waals surface area (Å²) in [6.07, 6.45) is 0.413. The molecule has 1 aromatic heterocycles. The van der Waals surface area contributed by atoms with E-state index >= 15 is 0 Å². The van der Waals surface area contributed by atoms with Crippen LogP contribution in [0.1, 0.15) is 6.92 Å². The van der Waals surface area contributed by atoms with Crippen LogP contribution in [0.3, 0.4) is 0 Å². The van der Waals surface area contributed by atoms with Gasteiger partial charge in [-0.25, -0.2) is 4.98 Å². The monoisotopic (exact) mass is 223 g/mol. The summed E-state index contributed by atoms with van der Waals surface area (Å²) < 4.78 is 0. The van der Waals surface area contributed by atoms with Crippen LogP contribution in [0.15, 0.2) is 18.3 Å². The van der Waals surface area contributed by atoms with Gasteiger partial charge in [-0.15, -0.1) is 0 Å². The Labute approximate surface area is 94.7 Å². The predicted octanol–water partition coefficient (Wildman–Crippen LogP) is 0.0552. The molecule has 0 aliphatic carbocycles. The van der Waals surface area contributed by atoms with E-state index in [0.717, 1.165) is 18.1 Å². The molecule has 5 heteroatoms. The average molecular weight is 223 g/mol. The van der Waals surface area contributed by atoms with Gasteiger partial charge in [-0.05, 0) is 13.0 Å². The molecule has 2 atom stereocenters. The quantitative estimate of drug-likeness (QED) is 0.676. The van der Waals surface area contributed by atoms with Gasteiger partial charge in [0.05, 0.1) is 12.2 Å². The number of pyridine rings is 1. The Bertz CT molecular complexity index is 349. The number of aromatic nitrogens is 1. The van der Waals surface area contributed by atoms with Crippen molar-refractivity contribution in [1.82, 2.24) is 4.98 Å². The van der Waals surface area contributed by atoms with E-state index in [1.807, 2.05) is 24.0 Å². The smallest absolute Gasteiger partial charge is 0.127 e. The van der Waals surface area contributed by atoms with Crippen molar-refractivity contribution in [3.63, 3.8) is 0 Å². The maximum absolute atomic E-state index is 9.48. The van der Waals surface area contributed by atoms with Crippen molar-refractivity contribution in [2.45, 2.75) is 19.1 Å². The molecule has 1 saturated heterocycles. The van der Waals surface area contributed by atoms with E-state index in [4.69, 9.17) is 0 Å². The molecule has 1 aromatic rings. The van der Waals surface area contributed by atoms with Crippen molar-refractivity contribution in [2.24, 2.45) is 0 Å². The zero-order valence-electron chi connectivity index (χ0n) is 9.30. The van der Waals surface area contributed by atoms with Crippen LogP contribution in [0, 0.1) is 0 Å². The van der Waals surface area contributed by atoms with Crippen molar-refractivity contribution in [1.29, 1.82) is 0 Å². The molecular weight excluding hydrogens is 206 g/mol. The maximum Gasteiger partial charge on any atom is 0.127 e. The first-order chi connectivity index (χ1) is 7.70. The maximum atomic E-state index is 9.48. The van der Waals surface area contributed by atoms with Gasteiger partial charge in [0.2, 0.25) is 0 Å². The van der Waals surface area contributed by atoms with Crippen LogP contribution in [0.2, 0.25) is 0 Å². The van der Waals surface area contributed by atoms with E-state index in [9.17, 15) is 10.2 Å². The van der Waals surface area contributed by atoms with Gasteiger partial charge in [-0.1, -0.05) is 0 Å². The Morgan fingerprint density at radius 2 is 2.12 bits per heavy atom. The molecule has 88 valence electrons. The Hall–Kier alpha value is -1.33. The molecule has 0 spiro atoms. The third kappa shape index (κ3) is 2.25. The predicted molar refractivity (Wildman–Crippen MR) is 62.6 cm³/mol. The number of rotatable bonds is 3. The van der Waals surface area contributed by atoms with Crippen molar-refractivity contribution >= 4 is 11.5 Å². The molecule has 0 radical (unpaired) electrons. The highest BCUT2D eigenvalue weighted by atomic mass is 16.3. The number of aliphatic hydroxyl groups is 2. The van der Waals surface area contributed by atoms with Crippen LogP contribution < -0.4 is 10.2 Å². The lowest BCUT2D eigenvalue weighted by Gasteiger charge is -2.18. The molecule has 1 aliphatic rings. The number of hydrogen-bond acceptors (Lipinski definition) is 5. The topological polar surface area (TPSA) is 68.6 Å². The second-order valence-electron chi connectivity index (χ2n) is 3.97. The highest BCUT2D eigenvalue weighted by molar-refractivity contribution is 5.54. The highest BCUT2D eigenvalue weighted by Crippen LogP contribution is 2.22. The molecule has 5 nitrogen and oxygen atoms in total. The first-order valence-corrected chi connectivity index (χ1v) is 5.51. The number of β-amino-alcohol motifs (C(OH)–C–C–N with tert-alkyl or cyclic N) is 2.